The number of fused-ring (bicyclic) bond motifs is 1. The van der Waals surface area contributed by atoms with E-state index < -0.39 is 4.92 Å². The first-order chi connectivity index (χ1) is 12.9. The second kappa shape index (κ2) is 7.45. The van der Waals surface area contributed by atoms with Crippen LogP contribution in [0.1, 0.15) is 28.4 Å². The van der Waals surface area contributed by atoms with Gasteiger partial charge in [-0.15, -0.1) is 0 Å². The Labute approximate surface area is 156 Å². The number of hydrogen-bond donors (Lipinski definition) is 2. The average Bonchev–Trinajstić information content (AvgIpc) is 2.66. The van der Waals surface area contributed by atoms with E-state index in [0.717, 1.165) is 16.8 Å². The van der Waals surface area contributed by atoms with Crippen molar-refractivity contribution in [3.8, 4) is 0 Å². The molecule has 0 bridgehead atoms. The van der Waals surface area contributed by atoms with Gasteiger partial charge in [-0.1, -0.05) is 12.1 Å². The molecule has 0 unspecified atom stereocenters. The van der Waals surface area contributed by atoms with Crippen LogP contribution < -0.4 is 15.5 Å². The number of nitrogens with one attached hydrogen (secondary N) is 2. The maximum absolute atomic E-state index is 12.3. The smallest absolute Gasteiger partial charge is 0.270 e. The number of non-ortho nitro benzene ring substituents is 1. The highest BCUT2D eigenvalue weighted by Gasteiger charge is 2.24. The molecule has 1 aliphatic heterocycles. The molecule has 0 atom stereocenters. The molecule has 140 valence electrons. The van der Waals surface area contributed by atoms with Crippen molar-refractivity contribution in [3.63, 3.8) is 0 Å². The minimum Gasteiger partial charge on any atom is -0.366 e. The van der Waals surface area contributed by atoms with Crippen LogP contribution in [0.15, 0.2) is 36.4 Å². The number of amides is 2. The molecule has 0 fully saturated rings. The molecule has 1 aliphatic rings. The number of carbonyl (C=O) groups excluding carboxylic acids is 2. The number of hydrogen-bond acceptors (Lipinski definition) is 5. The molecule has 2 amide bonds. The Balaban J connectivity index is 1.96. The van der Waals surface area contributed by atoms with Crippen LogP contribution in [-0.2, 0) is 17.8 Å². The molecular formula is C19H20N4O4. The van der Waals surface area contributed by atoms with Gasteiger partial charge in [0.25, 0.3) is 11.6 Å². The topological polar surface area (TPSA) is 105 Å². The maximum atomic E-state index is 12.3. The van der Waals surface area contributed by atoms with Crippen molar-refractivity contribution in [1.82, 2.24) is 5.32 Å². The van der Waals surface area contributed by atoms with E-state index in [0.29, 0.717) is 25.2 Å². The van der Waals surface area contributed by atoms with Crippen molar-refractivity contribution >= 4 is 28.9 Å². The Hall–Kier alpha value is -3.42. The number of benzene rings is 2. The summed E-state index contributed by atoms with van der Waals surface area (Å²) in [6.45, 7) is 2.65. The number of nitro benzene ring substituents is 1. The van der Waals surface area contributed by atoms with Gasteiger partial charge in [-0.3, -0.25) is 19.7 Å². The van der Waals surface area contributed by atoms with Gasteiger partial charge < -0.3 is 15.5 Å². The van der Waals surface area contributed by atoms with Crippen LogP contribution >= 0.6 is 0 Å². The molecule has 8 heteroatoms. The van der Waals surface area contributed by atoms with Crippen molar-refractivity contribution in [2.75, 3.05) is 23.8 Å². The van der Waals surface area contributed by atoms with Crippen molar-refractivity contribution in [3.05, 3.63) is 63.2 Å². The highest BCUT2D eigenvalue weighted by Crippen LogP contribution is 2.32. The molecule has 2 aromatic rings. The summed E-state index contributed by atoms with van der Waals surface area (Å²) in [5, 5.41) is 16.5. The molecule has 1 heterocycles. The Bertz CT molecular complexity index is 926. The summed E-state index contributed by atoms with van der Waals surface area (Å²) in [7, 11) is 1.50. The quantitative estimate of drug-likeness (QED) is 0.637. The molecule has 0 aliphatic carbocycles. The first kappa shape index (κ1) is 18.4. The first-order valence-electron chi connectivity index (χ1n) is 8.54. The molecule has 2 N–H and O–H groups in total. The molecule has 8 nitrogen and oxygen atoms in total. The van der Waals surface area contributed by atoms with Gasteiger partial charge in [-0.2, -0.15) is 0 Å². The molecular weight excluding hydrogens is 348 g/mol. The molecule has 0 aromatic heterocycles. The lowest BCUT2D eigenvalue weighted by Crippen LogP contribution is -2.33. The van der Waals surface area contributed by atoms with Crippen molar-refractivity contribution in [2.24, 2.45) is 0 Å². The minimum atomic E-state index is -0.512. The summed E-state index contributed by atoms with van der Waals surface area (Å²) < 4.78 is 0. The lowest BCUT2D eigenvalue weighted by atomic mass is 9.96. The zero-order valence-corrected chi connectivity index (χ0v) is 15.1. The number of rotatable bonds is 4. The van der Waals surface area contributed by atoms with Gasteiger partial charge >= 0.3 is 0 Å². The summed E-state index contributed by atoms with van der Waals surface area (Å²) in [6, 6.07) is 10.1. The monoisotopic (exact) mass is 368 g/mol. The summed E-state index contributed by atoms with van der Waals surface area (Å²) in [6.07, 6.45) is 0.690. The molecule has 0 saturated heterocycles. The van der Waals surface area contributed by atoms with Gasteiger partial charge in [-0.05, 0) is 29.7 Å². The van der Waals surface area contributed by atoms with E-state index >= 15 is 0 Å². The highest BCUT2D eigenvalue weighted by atomic mass is 16.6. The van der Waals surface area contributed by atoms with E-state index in [-0.39, 0.29) is 23.1 Å². The summed E-state index contributed by atoms with van der Waals surface area (Å²) in [4.78, 5) is 36.2. The lowest BCUT2D eigenvalue weighted by Gasteiger charge is -2.32. The maximum Gasteiger partial charge on any atom is 0.270 e. The third kappa shape index (κ3) is 3.74. The van der Waals surface area contributed by atoms with E-state index in [1.165, 1.54) is 26.1 Å². The van der Waals surface area contributed by atoms with Crippen LogP contribution in [0.4, 0.5) is 17.1 Å². The predicted octanol–water partition coefficient (Wildman–Crippen LogP) is 2.48. The Morgan fingerprint density at radius 1 is 1.22 bits per heavy atom. The second-order valence-corrected chi connectivity index (χ2v) is 6.33. The van der Waals surface area contributed by atoms with Crippen LogP contribution in [-0.4, -0.2) is 30.3 Å². The van der Waals surface area contributed by atoms with Gasteiger partial charge in [0.05, 0.1) is 16.2 Å². The van der Waals surface area contributed by atoms with E-state index in [2.05, 4.69) is 10.6 Å². The summed E-state index contributed by atoms with van der Waals surface area (Å²) in [5.41, 5.74) is 3.72. The van der Waals surface area contributed by atoms with E-state index in [1.54, 1.807) is 6.07 Å². The van der Waals surface area contributed by atoms with Crippen LogP contribution in [0.5, 0.6) is 0 Å². The summed E-state index contributed by atoms with van der Waals surface area (Å²) in [5.74, 6) is -0.491. The Kier molecular flexibility index (Phi) is 5.07. The van der Waals surface area contributed by atoms with Crippen LogP contribution in [0, 0.1) is 10.1 Å². The van der Waals surface area contributed by atoms with Crippen molar-refractivity contribution < 1.29 is 14.5 Å². The van der Waals surface area contributed by atoms with Crippen LogP contribution in [0.2, 0.25) is 0 Å². The normalized spacial score (nSPS) is 12.9. The number of anilines is 2. The Morgan fingerprint density at radius 2 is 2.00 bits per heavy atom. The average molecular weight is 368 g/mol. The third-order valence-electron chi connectivity index (χ3n) is 4.58. The fourth-order valence-corrected chi connectivity index (χ4v) is 3.35. The van der Waals surface area contributed by atoms with E-state index in [1.807, 2.05) is 23.1 Å². The second-order valence-electron chi connectivity index (χ2n) is 6.33. The molecule has 2 aromatic carbocycles. The van der Waals surface area contributed by atoms with Gasteiger partial charge in [0, 0.05) is 44.9 Å². The van der Waals surface area contributed by atoms with Gasteiger partial charge in [0.15, 0.2) is 0 Å². The number of nitrogens with zero attached hydrogens (tertiary/aromatic N) is 2. The van der Waals surface area contributed by atoms with Gasteiger partial charge in [-0.25, -0.2) is 0 Å². The lowest BCUT2D eigenvalue weighted by molar-refractivity contribution is -0.384. The minimum absolute atomic E-state index is 0.122. The van der Waals surface area contributed by atoms with E-state index in [4.69, 9.17) is 0 Å². The molecule has 3 rings (SSSR count). The molecule has 0 spiro atoms. The Morgan fingerprint density at radius 3 is 2.67 bits per heavy atom. The fraction of sp³-hybridized carbons (Fsp3) is 0.263. The van der Waals surface area contributed by atoms with Gasteiger partial charge in [0.2, 0.25) is 5.91 Å². The first-order valence-corrected chi connectivity index (χ1v) is 8.54. The molecule has 0 radical (unpaired) electrons. The standard InChI is InChI=1S/C19H20N4O4/c1-12(24)21-17-5-3-4-13-11-22(9-8-15(13)17)18-7-6-14(23(26)27)10-16(18)19(25)20-2/h3-7,10H,8-9,11H2,1-2H3,(H,20,25)(H,21,24). The van der Waals surface area contributed by atoms with Gasteiger partial charge in [0.1, 0.15) is 0 Å². The molecule has 0 saturated carbocycles. The van der Waals surface area contributed by atoms with Crippen molar-refractivity contribution in [2.45, 2.75) is 19.9 Å². The number of nitro groups is 1. The fourth-order valence-electron chi connectivity index (χ4n) is 3.35. The largest absolute Gasteiger partial charge is 0.366 e. The predicted molar refractivity (Wildman–Crippen MR) is 102 cm³/mol. The highest BCUT2D eigenvalue weighted by molar-refractivity contribution is 6.00. The molecule has 27 heavy (non-hydrogen) atoms. The van der Waals surface area contributed by atoms with Crippen molar-refractivity contribution in [1.29, 1.82) is 0 Å². The SMILES string of the molecule is CNC(=O)c1cc([N+](=O)[O-])ccc1N1CCc2c(cccc2NC(C)=O)C1. The number of carbonyl (C=O) groups is 2. The van der Waals surface area contributed by atoms with Crippen LogP contribution in [0.25, 0.3) is 0 Å². The zero-order chi connectivity index (χ0) is 19.6. The van der Waals surface area contributed by atoms with E-state index in [9.17, 15) is 19.7 Å². The third-order valence-corrected chi connectivity index (χ3v) is 4.58. The van der Waals surface area contributed by atoms with Crippen LogP contribution in [0.3, 0.4) is 0 Å². The summed E-state index contributed by atoms with van der Waals surface area (Å²) >= 11 is 0. The zero-order valence-electron chi connectivity index (χ0n) is 15.1.